The van der Waals surface area contributed by atoms with Crippen LogP contribution in [0.2, 0.25) is 0 Å². The number of nitro groups is 1. The van der Waals surface area contributed by atoms with Crippen molar-refractivity contribution in [1.29, 1.82) is 0 Å². The summed E-state index contributed by atoms with van der Waals surface area (Å²) < 4.78 is 0.887. The number of carbonyl (C=O) groups is 2. The van der Waals surface area contributed by atoms with Crippen molar-refractivity contribution in [1.82, 2.24) is 0 Å². The number of halogens is 1. The van der Waals surface area contributed by atoms with Gasteiger partial charge in [-0.1, -0.05) is 46.3 Å². The van der Waals surface area contributed by atoms with E-state index in [9.17, 15) is 19.7 Å². The molecule has 3 aromatic carbocycles. The average Bonchev–Trinajstić information content (AvgIpc) is 3.32. The summed E-state index contributed by atoms with van der Waals surface area (Å²) in [5.41, 5.74) is 2.67. The molecule has 8 nitrogen and oxygen atoms in total. The van der Waals surface area contributed by atoms with Gasteiger partial charge in [0, 0.05) is 16.6 Å². The van der Waals surface area contributed by atoms with Crippen molar-refractivity contribution < 1.29 is 14.5 Å². The first-order valence-corrected chi connectivity index (χ1v) is 11.0. The third-order valence-corrected chi connectivity index (χ3v) is 6.37. The van der Waals surface area contributed by atoms with Crippen LogP contribution in [-0.4, -0.2) is 28.5 Å². The number of imide groups is 1. The molecule has 0 bridgehead atoms. The highest BCUT2D eigenvalue weighted by molar-refractivity contribution is 9.10. The second kappa shape index (κ2) is 7.93. The number of fused-ring (bicyclic) bond motifs is 1. The van der Waals surface area contributed by atoms with Crippen molar-refractivity contribution in [3.05, 3.63) is 98.5 Å². The van der Waals surface area contributed by atoms with Crippen molar-refractivity contribution >= 4 is 50.5 Å². The van der Waals surface area contributed by atoms with Crippen LogP contribution >= 0.6 is 15.9 Å². The Morgan fingerprint density at radius 3 is 2.30 bits per heavy atom. The first kappa shape index (κ1) is 21.0. The molecule has 0 saturated carbocycles. The summed E-state index contributed by atoms with van der Waals surface area (Å²) in [5.74, 6) is -1.61. The number of rotatable bonds is 4. The van der Waals surface area contributed by atoms with E-state index in [4.69, 9.17) is 5.10 Å². The molecule has 2 unspecified atom stereocenters. The molecule has 3 aromatic rings. The fraction of sp³-hybridized carbons (Fsp3) is 0.125. The van der Waals surface area contributed by atoms with Crippen molar-refractivity contribution in [2.45, 2.75) is 13.0 Å². The Bertz CT molecular complexity index is 1320. The van der Waals surface area contributed by atoms with Gasteiger partial charge in [0.05, 0.1) is 22.0 Å². The monoisotopic (exact) mass is 504 g/mol. The van der Waals surface area contributed by atoms with Crippen LogP contribution < -0.4 is 9.91 Å². The maximum absolute atomic E-state index is 13.7. The third kappa shape index (κ3) is 3.41. The number of benzene rings is 3. The first-order valence-electron chi connectivity index (χ1n) is 10.2. The van der Waals surface area contributed by atoms with Crippen molar-refractivity contribution in [3.63, 3.8) is 0 Å². The molecule has 0 aliphatic carbocycles. The molecule has 33 heavy (non-hydrogen) atoms. The number of nitro benzene ring substituents is 1. The number of amides is 2. The van der Waals surface area contributed by atoms with Gasteiger partial charge in [-0.3, -0.25) is 24.7 Å². The quantitative estimate of drug-likeness (QED) is 0.297. The first-order chi connectivity index (χ1) is 15.9. The number of non-ortho nitro benzene ring substituents is 1. The highest BCUT2D eigenvalue weighted by Crippen LogP contribution is 2.40. The molecule has 2 aliphatic heterocycles. The molecule has 1 saturated heterocycles. The van der Waals surface area contributed by atoms with E-state index in [1.165, 1.54) is 18.2 Å². The molecule has 0 aromatic heterocycles. The van der Waals surface area contributed by atoms with E-state index < -0.39 is 28.7 Å². The average molecular weight is 505 g/mol. The molecule has 2 amide bonds. The molecule has 2 heterocycles. The van der Waals surface area contributed by atoms with E-state index in [1.807, 2.05) is 54.6 Å². The van der Waals surface area contributed by atoms with Gasteiger partial charge < -0.3 is 0 Å². The summed E-state index contributed by atoms with van der Waals surface area (Å²) in [6.45, 7) is 1.65. The zero-order valence-corrected chi connectivity index (χ0v) is 19.0. The minimum Gasteiger partial charge on any atom is -0.273 e. The number of aryl methyl sites for hydroxylation is 1. The summed E-state index contributed by atoms with van der Waals surface area (Å²) in [5, 5.41) is 17.4. The Hall–Kier alpha value is -3.85. The van der Waals surface area contributed by atoms with E-state index in [2.05, 4.69) is 15.9 Å². The summed E-state index contributed by atoms with van der Waals surface area (Å²) in [7, 11) is 0. The highest BCUT2D eigenvalue weighted by Gasteiger charge is 2.57. The van der Waals surface area contributed by atoms with Crippen LogP contribution in [-0.2, 0) is 9.59 Å². The SMILES string of the molecule is Cc1cc([N+](=O)[O-])ccc1N1C(=O)C2C(c3ccc(Br)cc3)=NN(c3ccccc3)C2C1=O. The molecule has 2 aliphatic rings. The van der Waals surface area contributed by atoms with E-state index in [0.29, 0.717) is 22.6 Å². The van der Waals surface area contributed by atoms with Crippen molar-refractivity contribution in [3.8, 4) is 0 Å². The van der Waals surface area contributed by atoms with E-state index >= 15 is 0 Å². The van der Waals surface area contributed by atoms with Crippen LogP contribution in [0, 0.1) is 23.0 Å². The largest absolute Gasteiger partial charge is 0.273 e. The fourth-order valence-electron chi connectivity index (χ4n) is 4.31. The predicted molar refractivity (Wildman–Crippen MR) is 127 cm³/mol. The lowest BCUT2D eigenvalue weighted by molar-refractivity contribution is -0.384. The molecule has 9 heteroatoms. The van der Waals surface area contributed by atoms with E-state index in [1.54, 1.807) is 11.9 Å². The van der Waals surface area contributed by atoms with E-state index in [-0.39, 0.29) is 5.69 Å². The Morgan fingerprint density at radius 2 is 1.67 bits per heavy atom. The van der Waals surface area contributed by atoms with Crippen LogP contribution in [0.4, 0.5) is 17.1 Å². The molecule has 0 radical (unpaired) electrons. The summed E-state index contributed by atoms with van der Waals surface area (Å²) >= 11 is 3.42. The lowest BCUT2D eigenvalue weighted by atomic mass is 9.93. The predicted octanol–water partition coefficient (Wildman–Crippen LogP) is 4.45. The number of para-hydroxylation sites is 1. The molecule has 0 spiro atoms. The molecule has 1 fully saturated rings. The number of nitrogens with zero attached hydrogens (tertiary/aromatic N) is 4. The third-order valence-electron chi connectivity index (χ3n) is 5.84. The molecule has 2 atom stereocenters. The Balaban J connectivity index is 1.62. The number of hydrazone groups is 1. The molecular formula is C24H17BrN4O4. The number of carbonyl (C=O) groups excluding carboxylic acids is 2. The minimum atomic E-state index is -0.840. The lowest BCUT2D eigenvalue weighted by Gasteiger charge is -2.22. The van der Waals surface area contributed by atoms with Gasteiger partial charge >= 0.3 is 0 Å². The number of hydrogen-bond donors (Lipinski definition) is 0. The van der Waals surface area contributed by atoms with Crippen LogP contribution in [0.3, 0.4) is 0 Å². The molecule has 5 rings (SSSR count). The number of anilines is 2. The Morgan fingerprint density at radius 1 is 0.970 bits per heavy atom. The van der Waals surface area contributed by atoms with Gasteiger partial charge in [0.2, 0.25) is 5.91 Å². The Labute approximate surface area is 197 Å². The second-order valence-corrected chi connectivity index (χ2v) is 8.75. The zero-order chi connectivity index (χ0) is 23.3. The second-order valence-electron chi connectivity index (χ2n) is 7.83. The lowest BCUT2D eigenvalue weighted by Crippen LogP contribution is -2.39. The van der Waals surface area contributed by atoms with Crippen molar-refractivity contribution in [2.75, 3.05) is 9.91 Å². The summed E-state index contributed by atoms with van der Waals surface area (Å²) in [4.78, 5) is 39.0. The van der Waals surface area contributed by atoms with Gasteiger partial charge in [0.25, 0.3) is 11.6 Å². The van der Waals surface area contributed by atoms with E-state index in [0.717, 1.165) is 14.9 Å². The van der Waals surface area contributed by atoms with Crippen LogP contribution in [0.25, 0.3) is 0 Å². The normalized spacial score (nSPS) is 19.6. The van der Waals surface area contributed by atoms with Gasteiger partial charge in [-0.05, 0) is 48.4 Å². The minimum absolute atomic E-state index is 0.0986. The van der Waals surface area contributed by atoms with Gasteiger partial charge in [-0.2, -0.15) is 5.10 Å². The molecular weight excluding hydrogens is 488 g/mol. The van der Waals surface area contributed by atoms with Crippen LogP contribution in [0.5, 0.6) is 0 Å². The summed E-state index contributed by atoms with van der Waals surface area (Å²) in [6, 6.07) is 19.9. The summed E-state index contributed by atoms with van der Waals surface area (Å²) in [6.07, 6.45) is 0. The highest BCUT2D eigenvalue weighted by atomic mass is 79.9. The maximum Gasteiger partial charge on any atom is 0.269 e. The van der Waals surface area contributed by atoms with Gasteiger partial charge in [-0.15, -0.1) is 0 Å². The smallest absolute Gasteiger partial charge is 0.269 e. The van der Waals surface area contributed by atoms with Crippen LogP contribution in [0.15, 0.2) is 82.4 Å². The van der Waals surface area contributed by atoms with Gasteiger partial charge in [0.1, 0.15) is 12.0 Å². The molecule has 164 valence electrons. The van der Waals surface area contributed by atoms with Crippen LogP contribution in [0.1, 0.15) is 11.1 Å². The van der Waals surface area contributed by atoms with Crippen molar-refractivity contribution in [2.24, 2.45) is 11.0 Å². The zero-order valence-electron chi connectivity index (χ0n) is 17.4. The molecule has 0 N–H and O–H groups in total. The Kier molecular flexibility index (Phi) is 5.05. The standard InChI is InChI=1S/C24H17BrN4O4/c1-14-13-18(29(32)33)11-12-19(14)27-23(30)20-21(15-7-9-16(25)10-8-15)26-28(22(20)24(27)31)17-5-3-2-4-6-17/h2-13,20,22H,1H3. The van der Waals surface area contributed by atoms with Gasteiger partial charge in [-0.25, -0.2) is 4.90 Å². The number of hydrogen-bond acceptors (Lipinski definition) is 6. The maximum atomic E-state index is 13.7. The fourth-order valence-corrected chi connectivity index (χ4v) is 4.57. The topological polar surface area (TPSA) is 96.1 Å². The van der Waals surface area contributed by atoms with Gasteiger partial charge in [0.15, 0.2) is 0 Å².